The number of ether oxygens (including phenoxy) is 1. The molecule has 0 aromatic heterocycles. The van der Waals surface area contributed by atoms with Crippen molar-refractivity contribution in [1.29, 1.82) is 5.26 Å². The van der Waals surface area contributed by atoms with Crippen molar-refractivity contribution in [2.45, 2.75) is 25.7 Å². The van der Waals surface area contributed by atoms with Gasteiger partial charge in [-0.3, -0.25) is 0 Å². The molecule has 1 N–H and O–H groups in total. The Morgan fingerprint density at radius 3 is 2.55 bits per heavy atom. The number of anilines is 1. The quantitative estimate of drug-likeness (QED) is 0.496. The molecule has 0 bridgehead atoms. The van der Waals surface area contributed by atoms with Crippen molar-refractivity contribution in [1.82, 2.24) is 15.3 Å². The third-order valence-electron chi connectivity index (χ3n) is 6.30. The highest BCUT2D eigenvalue weighted by Gasteiger charge is 2.20. The van der Waals surface area contributed by atoms with Gasteiger partial charge in [0.25, 0.3) is 0 Å². The first-order valence-corrected chi connectivity index (χ1v) is 11.8. The lowest BCUT2D eigenvalue weighted by atomic mass is 10.00. The molecule has 1 fully saturated rings. The summed E-state index contributed by atoms with van der Waals surface area (Å²) in [7, 11) is 5.78. The van der Waals surface area contributed by atoms with Gasteiger partial charge in [0.2, 0.25) is 0 Å². The van der Waals surface area contributed by atoms with Crippen molar-refractivity contribution in [2.75, 3.05) is 58.8 Å². The Balaban J connectivity index is 1.87. The first-order valence-electron chi connectivity index (χ1n) is 11.8. The zero-order valence-corrected chi connectivity index (χ0v) is 20.3. The molecule has 33 heavy (non-hydrogen) atoms. The number of nitrogens with one attached hydrogen (secondary N) is 1. The molecule has 0 spiro atoms. The topological polar surface area (TPSA) is 54.8 Å². The lowest BCUT2D eigenvalue weighted by Crippen LogP contribution is -2.41. The Hall–Kier alpha value is -3.01. The van der Waals surface area contributed by atoms with E-state index in [1.54, 1.807) is 7.11 Å². The maximum Gasteiger partial charge on any atom is 0.118 e. The van der Waals surface area contributed by atoms with Crippen molar-refractivity contribution in [2.24, 2.45) is 0 Å². The van der Waals surface area contributed by atoms with Gasteiger partial charge < -0.3 is 20.0 Å². The SMILES string of the molecule is C=C(CN(CCCNC)c1cc(C#N)ccc1Cc1ccc(OC)cc1)N(C)N1CCCC1. The minimum atomic E-state index is 0.681. The van der Waals surface area contributed by atoms with E-state index in [2.05, 4.69) is 58.1 Å². The number of nitrogens with zero attached hydrogens (tertiary/aromatic N) is 4. The molecule has 0 atom stereocenters. The summed E-state index contributed by atoms with van der Waals surface area (Å²) < 4.78 is 5.31. The zero-order chi connectivity index (χ0) is 23.6. The highest BCUT2D eigenvalue weighted by molar-refractivity contribution is 5.59. The molecule has 176 valence electrons. The molecule has 2 aromatic carbocycles. The molecule has 0 amide bonds. The number of hydrogen-bond acceptors (Lipinski definition) is 6. The van der Waals surface area contributed by atoms with Gasteiger partial charge in [0, 0.05) is 38.1 Å². The van der Waals surface area contributed by atoms with E-state index in [-0.39, 0.29) is 0 Å². The second-order valence-electron chi connectivity index (χ2n) is 8.61. The summed E-state index contributed by atoms with van der Waals surface area (Å²) in [5.41, 5.74) is 5.28. The monoisotopic (exact) mass is 447 g/mol. The van der Waals surface area contributed by atoms with Crippen molar-refractivity contribution in [3.05, 3.63) is 71.4 Å². The van der Waals surface area contributed by atoms with Crippen molar-refractivity contribution in [3.63, 3.8) is 0 Å². The normalized spacial score (nSPS) is 13.5. The number of benzene rings is 2. The number of nitriles is 1. The Labute approximate surface area is 199 Å². The molecule has 1 aliphatic heterocycles. The van der Waals surface area contributed by atoms with Gasteiger partial charge in [-0.2, -0.15) is 5.26 Å². The van der Waals surface area contributed by atoms with Gasteiger partial charge in [-0.25, -0.2) is 5.01 Å². The smallest absolute Gasteiger partial charge is 0.118 e. The minimum Gasteiger partial charge on any atom is -0.497 e. The first-order chi connectivity index (χ1) is 16.0. The third kappa shape index (κ3) is 6.74. The molecule has 0 radical (unpaired) electrons. The molecule has 6 heteroatoms. The van der Waals surface area contributed by atoms with Crippen molar-refractivity contribution >= 4 is 5.69 Å². The Morgan fingerprint density at radius 1 is 1.18 bits per heavy atom. The van der Waals surface area contributed by atoms with Gasteiger partial charge in [-0.1, -0.05) is 24.8 Å². The number of likely N-dealkylation sites (N-methyl/N-ethyl adjacent to an activating group) is 1. The first kappa shape index (κ1) is 24.6. The molecule has 1 aliphatic rings. The van der Waals surface area contributed by atoms with Gasteiger partial charge in [0.15, 0.2) is 0 Å². The summed E-state index contributed by atoms with van der Waals surface area (Å²) in [6.07, 6.45) is 4.28. The van der Waals surface area contributed by atoms with Gasteiger partial charge >= 0.3 is 0 Å². The molecule has 1 saturated heterocycles. The summed E-state index contributed by atoms with van der Waals surface area (Å²) in [6, 6.07) is 16.6. The minimum absolute atomic E-state index is 0.681. The van der Waals surface area contributed by atoms with E-state index in [0.29, 0.717) is 5.56 Å². The van der Waals surface area contributed by atoms with E-state index < -0.39 is 0 Å². The van der Waals surface area contributed by atoms with E-state index >= 15 is 0 Å². The summed E-state index contributed by atoms with van der Waals surface area (Å²) in [6.45, 7) is 9.14. The van der Waals surface area contributed by atoms with Gasteiger partial charge in [0.05, 0.1) is 25.3 Å². The lowest BCUT2D eigenvalue weighted by molar-refractivity contribution is 0.0613. The van der Waals surface area contributed by atoms with Crippen LogP contribution in [0.2, 0.25) is 0 Å². The molecule has 2 aromatic rings. The van der Waals surface area contributed by atoms with Crippen LogP contribution in [0.25, 0.3) is 0 Å². The van der Waals surface area contributed by atoms with Crippen LogP contribution in [0.4, 0.5) is 5.69 Å². The maximum atomic E-state index is 9.59. The van der Waals surface area contributed by atoms with E-state index in [1.807, 2.05) is 31.3 Å². The molecule has 0 unspecified atom stereocenters. The highest BCUT2D eigenvalue weighted by Crippen LogP contribution is 2.27. The van der Waals surface area contributed by atoms with Gasteiger partial charge in [-0.15, -0.1) is 0 Å². The van der Waals surface area contributed by atoms with Crippen LogP contribution in [0.1, 0.15) is 36.0 Å². The fraction of sp³-hybridized carbons (Fsp3) is 0.444. The molecule has 0 saturated carbocycles. The second kappa shape index (κ2) is 12.3. The summed E-state index contributed by atoms with van der Waals surface area (Å²) in [5, 5.41) is 17.4. The number of methoxy groups -OCH3 is 1. The summed E-state index contributed by atoms with van der Waals surface area (Å²) in [5.74, 6) is 0.855. The van der Waals surface area contributed by atoms with Crippen LogP contribution < -0.4 is 15.0 Å². The molecule has 0 aliphatic carbocycles. The second-order valence-corrected chi connectivity index (χ2v) is 8.61. The van der Waals surface area contributed by atoms with Crippen LogP contribution in [0.15, 0.2) is 54.7 Å². The van der Waals surface area contributed by atoms with E-state index in [4.69, 9.17) is 4.74 Å². The van der Waals surface area contributed by atoms with Crippen LogP contribution in [-0.2, 0) is 6.42 Å². The van der Waals surface area contributed by atoms with E-state index in [1.165, 1.54) is 24.0 Å². The molecule has 1 heterocycles. The fourth-order valence-corrected chi connectivity index (χ4v) is 4.30. The predicted molar refractivity (Wildman–Crippen MR) is 135 cm³/mol. The lowest BCUT2D eigenvalue weighted by Gasteiger charge is -2.35. The Kier molecular flexibility index (Phi) is 9.17. The van der Waals surface area contributed by atoms with Gasteiger partial charge in [0.1, 0.15) is 5.75 Å². The number of rotatable bonds is 12. The van der Waals surface area contributed by atoms with Crippen LogP contribution in [-0.4, -0.2) is 63.9 Å². The summed E-state index contributed by atoms with van der Waals surface area (Å²) >= 11 is 0. The van der Waals surface area contributed by atoms with Gasteiger partial charge in [-0.05, 0) is 74.7 Å². The molecular formula is C27H37N5O. The maximum absolute atomic E-state index is 9.59. The Bertz CT molecular complexity index is 944. The fourth-order valence-electron chi connectivity index (χ4n) is 4.30. The van der Waals surface area contributed by atoms with Crippen LogP contribution in [0.3, 0.4) is 0 Å². The molecular weight excluding hydrogens is 410 g/mol. The number of hydrazine groups is 1. The van der Waals surface area contributed by atoms with Crippen LogP contribution in [0, 0.1) is 11.3 Å². The van der Waals surface area contributed by atoms with Crippen LogP contribution in [0.5, 0.6) is 5.75 Å². The Morgan fingerprint density at radius 2 is 1.91 bits per heavy atom. The molecule has 3 rings (SSSR count). The van der Waals surface area contributed by atoms with Crippen molar-refractivity contribution in [3.8, 4) is 11.8 Å². The van der Waals surface area contributed by atoms with Crippen LogP contribution >= 0.6 is 0 Å². The average molecular weight is 448 g/mol. The average Bonchev–Trinajstić information content (AvgIpc) is 3.39. The predicted octanol–water partition coefficient (Wildman–Crippen LogP) is 4.03. The number of hydrogen-bond donors (Lipinski definition) is 1. The third-order valence-corrected chi connectivity index (χ3v) is 6.30. The zero-order valence-electron chi connectivity index (χ0n) is 20.3. The standard InChI is InChI=1S/C27H37N5O/c1-22(30(3)32-16-5-6-17-32)21-31(15-7-14-29-2)27-19-24(20-28)8-11-25(27)18-23-9-12-26(33-4)13-10-23/h8-13,19,29H,1,5-7,14-18,21H2,2-4H3. The van der Waals surface area contributed by atoms with E-state index in [0.717, 1.165) is 62.7 Å². The summed E-state index contributed by atoms with van der Waals surface area (Å²) in [4.78, 5) is 2.38. The van der Waals surface area contributed by atoms with E-state index in [9.17, 15) is 5.26 Å². The molecule has 6 nitrogen and oxygen atoms in total. The largest absolute Gasteiger partial charge is 0.497 e. The highest BCUT2D eigenvalue weighted by atomic mass is 16.5. The van der Waals surface area contributed by atoms with Crippen molar-refractivity contribution < 1.29 is 4.74 Å².